The fraction of sp³-hybridized carbons (Fsp3) is 0.310. The molecule has 3 aromatic carbocycles. The Morgan fingerprint density at radius 3 is 2.43 bits per heavy atom. The van der Waals surface area contributed by atoms with Crippen LogP contribution in [0.3, 0.4) is 0 Å². The number of alkyl halides is 2. The summed E-state index contributed by atoms with van der Waals surface area (Å²) in [7, 11) is 0. The zero-order chi connectivity index (χ0) is 24.9. The van der Waals surface area contributed by atoms with Gasteiger partial charge in [-0.25, -0.2) is 13.2 Å². The van der Waals surface area contributed by atoms with E-state index in [9.17, 15) is 22.0 Å². The van der Waals surface area contributed by atoms with E-state index < -0.39 is 29.8 Å². The summed E-state index contributed by atoms with van der Waals surface area (Å²) in [4.78, 5) is 0. The second-order valence-electron chi connectivity index (χ2n) is 8.86. The van der Waals surface area contributed by atoms with Crippen LogP contribution in [0.2, 0.25) is 0 Å². The lowest BCUT2D eigenvalue weighted by atomic mass is 9.80. The molecular weight excluding hydrogens is 459 g/mol. The lowest BCUT2D eigenvalue weighted by molar-refractivity contribution is -0.0544. The Hall–Kier alpha value is -3.33. The molecule has 0 spiro atoms. The van der Waals surface area contributed by atoms with Crippen LogP contribution in [0.5, 0.6) is 5.75 Å². The lowest BCUT2D eigenvalue weighted by Crippen LogP contribution is -2.13. The Labute approximate surface area is 201 Å². The maximum absolute atomic E-state index is 14.9. The molecule has 0 amide bonds. The highest BCUT2D eigenvalue weighted by molar-refractivity contribution is 5.89. The smallest absolute Gasteiger partial charge is 0.387 e. The predicted molar refractivity (Wildman–Crippen MR) is 128 cm³/mol. The van der Waals surface area contributed by atoms with Gasteiger partial charge in [0.2, 0.25) is 0 Å². The van der Waals surface area contributed by atoms with Gasteiger partial charge >= 0.3 is 6.61 Å². The number of allylic oxidation sites excluding steroid dienone is 1. The maximum atomic E-state index is 14.9. The molecule has 6 heteroatoms. The molecule has 1 fully saturated rings. The normalized spacial score (nSPS) is 17.8. The van der Waals surface area contributed by atoms with Crippen molar-refractivity contribution in [3.63, 3.8) is 0 Å². The summed E-state index contributed by atoms with van der Waals surface area (Å²) in [5.41, 5.74) is 1.20. The monoisotopic (exact) mass is 484 g/mol. The largest absolute Gasteiger partial charge is 0.429 e. The van der Waals surface area contributed by atoms with E-state index in [4.69, 9.17) is 0 Å². The highest BCUT2D eigenvalue weighted by atomic mass is 19.3. The lowest BCUT2D eigenvalue weighted by Gasteiger charge is -2.25. The van der Waals surface area contributed by atoms with Gasteiger partial charge in [-0.2, -0.15) is 8.78 Å². The second kappa shape index (κ2) is 10.9. The van der Waals surface area contributed by atoms with Crippen molar-refractivity contribution < 1.29 is 26.7 Å². The van der Waals surface area contributed by atoms with E-state index in [1.807, 2.05) is 6.08 Å². The van der Waals surface area contributed by atoms with E-state index in [-0.39, 0.29) is 16.3 Å². The summed E-state index contributed by atoms with van der Waals surface area (Å²) in [6, 6.07) is 9.68. The topological polar surface area (TPSA) is 9.23 Å². The first-order chi connectivity index (χ1) is 16.9. The molecule has 182 valence electrons. The van der Waals surface area contributed by atoms with E-state index >= 15 is 0 Å². The van der Waals surface area contributed by atoms with E-state index in [0.29, 0.717) is 17.0 Å². The number of halogens is 5. The van der Waals surface area contributed by atoms with Crippen molar-refractivity contribution in [2.45, 2.75) is 45.1 Å². The van der Waals surface area contributed by atoms with Gasteiger partial charge in [-0.3, -0.25) is 0 Å². The Balaban J connectivity index is 1.51. The Morgan fingerprint density at radius 2 is 1.74 bits per heavy atom. The van der Waals surface area contributed by atoms with Crippen LogP contribution in [-0.2, 0) is 0 Å². The number of fused-ring (bicyclic) bond motifs is 1. The van der Waals surface area contributed by atoms with Gasteiger partial charge in [-0.15, -0.1) is 6.58 Å². The third-order valence-corrected chi connectivity index (χ3v) is 6.52. The predicted octanol–water partition coefficient (Wildman–Crippen LogP) is 8.65. The first-order valence-electron chi connectivity index (χ1n) is 11.6. The van der Waals surface area contributed by atoms with Crippen molar-refractivity contribution in [1.29, 1.82) is 0 Å². The first kappa shape index (κ1) is 24.8. The van der Waals surface area contributed by atoms with Gasteiger partial charge < -0.3 is 4.74 Å². The number of rotatable bonds is 6. The third-order valence-electron chi connectivity index (χ3n) is 6.52. The van der Waals surface area contributed by atoms with Gasteiger partial charge in [0.25, 0.3) is 0 Å². The van der Waals surface area contributed by atoms with E-state index in [2.05, 4.69) is 23.2 Å². The molecule has 0 saturated heterocycles. The van der Waals surface area contributed by atoms with Crippen LogP contribution in [0.25, 0.3) is 21.9 Å². The van der Waals surface area contributed by atoms with Gasteiger partial charge in [0.1, 0.15) is 5.82 Å². The number of benzene rings is 3. The highest BCUT2D eigenvalue weighted by Crippen LogP contribution is 2.34. The quantitative estimate of drug-likeness (QED) is 0.193. The van der Waals surface area contributed by atoms with Crippen molar-refractivity contribution in [3.8, 4) is 28.7 Å². The van der Waals surface area contributed by atoms with Crippen molar-refractivity contribution in [2.75, 3.05) is 0 Å². The minimum atomic E-state index is -3.36. The van der Waals surface area contributed by atoms with Crippen LogP contribution < -0.4 is 4.74 Å². The molecule has 0 aromatic heterocycles. The maximum Gasteiger partial charge on any atom is 0.387 e. The Bertz CT molecular complexity index is 1280. The second-order valence-corrected chi connectivity index (χ2v) is 8.86. The molecule has 0 heterocycles. The summed E-state index contributed by atoms with van der Waals surface area (Å²) in [6.07, 6.45) is 8.57. The fourth-order valence-electron chi connectivity index (χ4n) is 4.64. The van der Waals surface area contributed by atoms with Gasteiger partial charge in [-0.1, -0.05) is 36.1 Å². The third kappa shape index (κ3) is 5.85. The Kier molecular flexibility index (Phi) is 7.75. The van der Waals surface area contributed by atoms with Crippen LogP contribution in [0, 0.1) is 41.1 Å². The van der Waals surface area contributed by atoms with Crippen molar-refractivity contribution in [2.24, 2.45) is 11.8 Å². The molecule has 35 heavy (non-hydrogen) atoms. The van der Waals surface area contributed by atoms with Crippen molar-refractivity contribution in [3.05, 3.63) is 78.1 Å². The number of hydrogen-bond donors (Lipinski definition) is 0. The van der Waals surface area contributed by atoms with Crippen molar-refractivity contribution in [1.82, 2.24) is 0 Å². The molecule has 0 N–H and O–H groups in total. The molecule has 1 aliphatic carbocycles. The molecule has 0 atom stereocenters. The van der Waals surface area contributed by atoms with E-state index in [0.717, 1.165) is 44.1 Å². The molecular formula is C29H25F5O. The van der Waals surface area contributed by atoms with Crippen LogP contribution >= 0.6 is 0 Å². The molecule has 3 aromatic rings. The molecule has 1 nitrogen and oxygen atoms in total. The average Bonchev–Trinajstić information content (AvgIpc) is 2.84. The number of ether oxygens (including phenoxy) is 1. The zero-order valence-electron chi connectivity index (χ0n) is 19.1. The molecule has 0 bridgehead atoms. The molecule has 0 radical (unpaired) electrons. The summed E-state index contributed by atoms with van der Waals surface area (Å²) < 4.78 is 72.4. The van der Waals surface area contributed by atoms with Gasteiger partial charge in [0, 0.05) is 22.4 Å². The SMILES string of the molecule is C=CCCC1CCC(C#Cc2ccc(-c3ccc4c(F)c(OC(F)F)c(F)cc4c3)c(F)c2)CC1. The van der Waals surface area contributed by atoms with Crippen LogP contribution in [0.15, 0.2) is 55.1 Å². The van der Waals surface area contributed by atoms with E-state index in [1.165, 1.54) is 30.7 Å². The minimum absolute atomic E-state index is 0.103. The molecule has 0 unspecified atom stereocenters. The molecule has 1 saturated carbocycles. The summed E-state index contributed by atoms with van der Waals surface area (Å²) in [6.45, 7) is 0.419. The summed E-state index contributed by atoms with van der Waals surface area (Å²) in [5, 5.41) is -0.000939. The zero-order valence-corrected chi connectivity index (χ0v) is 19.1. The van der Waals surface area contributed by atoms with Gasteiger partial charge in [-0.05, 0) is 79.7 Å². The van der Waals surface area contributed by atoms with Crippen LogP contribution in [0.1, 0.15) is 44.1 Å². The van der Waals surface area contributed by atoms with E-state index in [1.54, 1.807) is 12.1 Å². The minimum Gasteiger partial charge on any atom is -0.429 e. The molecule has 4 rings (SSSR count). The standard InChI is InChI=1S/C29H25F5O/c1-2-3-4-18-5-7-19(8-6-18)9-10-20-11-13-23(25(30)15-20)21-12-14-24-22(16-21)17-26(31)28(27(24)32)35-29(33)34/h2,11-19,29H,1,3-8H2. The van der Waals surface area contributed by atoms with Gasteiger partial charge in [0.15, 0.2) is 17.4 Å². The first-order valence-corrected chi connectivity index (χ1v) is 11.6. The molecule has 0 aliphatic heterocycles. The van der Waals surface area contributed by atoms with Crippen molar-refractivity contribution >= 4 is 10.8 Å². The highest BCUT2D eigenvalue weighted by Gasteiger charge is 2.20. The van der Waals surface area contributed by atoms with Crippen LogP contribution in [0.4, 0.5) is 22.0 Å². The number of hydrogen-bond acceptors (Lipinski definition) is 1. The van der Waals surface area contributed by atoms with Crippen LogP contribution in [-0.4, -0.2) is 6.61 Å². The summed E-state index contributed by atoms with van der Waals surface area (Å²) in [5.74, 6) is 3.25. The van der Waals surface area contributed by atoms with Gasteiger partial charge in [0.05, 0.1) is 0 Å². The molecule has 1 aliphatic rings. The average molecular weight is 485 g/mol. The fourth-order valence-corrected chi connectivity index (χ4v) is 4.64. The summed E-state index contributed by atoms with van der Waals surface area (Å²) >= 11 is 0. The Morgan fingerprint density at radius 1 is 0.971 bits per heavy atom.